The Bertz CT molecular complexity index is 733. The number of allylic oxidation sites excluding steroid dienone is 1. The van der Waals surface area contributed by atoms with Crippen LogP contribution in [0.3, 0.4) is 0 Å². The topological polar surface area (TPSA) is 63.9 Å². The minimum absolute atomic E-state index is 0.234. The van der Waals surface area contributed by atoms with E-state index < -0.39 is 17.8 Å². The van der Waals surface area contributed by atoms with Crippen molar-refractivity contribution in [3.63, 3.8) is 0 Å². The number of amides is 1. The van der Waals surface area contributed by atoms with Gasteiger partial charge in [0.15, 0.2) is 10.9 Å². The Morgan fingerprint density at radius 3 is 2.25 bits per heavy atom. The molecular weight excluding hydrogens is 465 g/mol. The van der Waals surface area contributed by atoms with Gasteiger partial charge in [-0.05, 0) is 39.5 Å². The molecule has 0 radical (unpaired) electrons. The van der Waals surface area contributed by atoms with Gasteiger partial charge >= 0.3 is 6.18 Å². The van der Waals surface area contributed by atoms with Crippen LogP contribution in [0, 0.1) is 0 Å². The van der Waals surface area contributed by atoms with Crippen LogP contribution in [0.25, 0.3) is 0 Å². The van der Waals surface area contributed by atoms with Crippen molar-refractivity contribution in [3.8, 4) is 0 Å². The van der Waals surface area contributed by atoms with Crippen LogP contribution in [0.15, 0.2) is 27.0 Å². The zero-order valence-electron chi connectivity index (χ0n) is 19.2. The molecule has 1 amide bonds. The third-order valence-electron chi connectivity index (χ3n) is 4.95. The summed E-state index contributed by atoms with van der Waals surface area (Å²) >= 11 is 6.89. The summed E-state index contributed by atoms with van der Waals surface area (Å²) < 4.78 is 39.3. The lowest BCUT2D eigenvalue weighted by atomic mass is 10.2. The zero-order chi connectivity index (χ0) is 24.3. The molecular formula is C20H32ClF3N6OS. The summed E-state index contributed by atoms with van der Waals surface area (Å²) in [5.74, 6) is -0.263. The number of amidine groups is 1. The molecule has 0 saturated carbocycles. The molecule has 1 heterocycles. The van der Waals surface area contributed by atoms with Gasteiger partial charge in [-0.2, -0.15) is 18.3 Å². The first-order valence-electron chi connectivity index (χ1n) is 10.4. The minimum Gasteiger partial charge on any atom is -0.353 e. The molecule has 182 valence electrons. The fraction of sp³-hybridized carbons (Fsp3) is 0.700. The standard InChI is InChI=1S/C20H32ClF3N6OS/c1-6-15(4)30(27-16(13-21)20(22,23)24)14-18(31)29-11-9-28(10-12-29)17(7-2)26-19(32-5)25-8-3/h7-8,15H,6,9-14H2,1-5H3/b17-7+,25-8-,26-19+,27-16+. The van der Waals surface area contributed by atoms with E-state index in [4.69, 9.17) is 11.6 Å². The maximum atomic E-state index is 13.1. The number of hydrogen-bond donors (Lipinski definition) is 0. The number of carbonyl (C=O) groups is 1. The second-order valence-electron chi connectivity index (χ2n) is 7.03. The van der Waals surface area contributed by atoms with Crippen LogP contribution in [-0.4, -0.2) is 94.9 Å². The molecule has 1 unspecified atom stereocenters. The van der Waals surface area contributed by atoms with Crippen molar-refractivity contribution in [2.24, 2.45) is 15.1 Å². The van der Waals surface area contributed by atoms with Gasteiger partial charge in [-0.15, -0.1) is 11.6 Å². The van der Waals surface area contributed by atoms with Crippen molar-refractivity contribution in [1.29, 1.82) is 0 Å². The van der Waals surface area contributed by atoms with Crippen LogP contribution in [0.2, 0.25) is 0 Å². The van der Waals surface area contributed by atoms with Crippen molar-refractivity contribution >= 4 is 46.4 Å². The smallest absolute Gasteiger partial charge is 0.353 e. The van der Waals surface area contributed by atoms with Gasteiger partial charge in [-0.3, -0.25) is 9.80 Å². The molecule has 12 heteroatoms. The van der Waals surface area contributed by atoms with Crippen molar-refractivity contribution in [2.75, 3.05) is 44.9 Å². The first-order chi connectivity index (χ1) is 15.1. The molecule has 1 fully saturated rings. The van der Waals surface area contributed by atoms with Gasteiger partial charge < -0.3 is 9.80 Å². The predicted octanol–water partition coefficient (Wildman–Crippen LogP) is 4.06. The van der Waals surface area contributed by atoms with Crippen molar-refractivity contribution in [1.82, 2.24) is 14.8 Å². The Morgan fingerprint density at radius 1 is 1.22 bits per heavy atom. The van der Waals surface area contributed by atoms with Crippen LogP contribution in [0.1, 0.15) is 34.1 Å². The summed E-state index contributed by atoms with van der Waals surface area (Å²) in [5.41, 5.74) is -1.10. The van der Waals surface area contributed by atoms with Crippen LogP contribution < -0.4 is 0 Å². The first kappa shape index (κ1) is 28.3. The molecule has 32 heavy (non-hydrogen) atoms. The van der Waals surface area contributed by atoms with E-state index in [0.717, 1.165) is 5.82 Å². The Labute approximate surface area is 197 Å². The predicted molar refractivity (Wildman–Crippen MR) is 128 cm³/mol. The minimum atomic E-state index is -4.64. The molecule has 1 aliphatic heterocycles. The molecule has 0 aromatic heterocycles. The van der Waals surface area contributed by atoms with E-state index >= 15 is 0 Å². The fourth-order valence-electron chi connectivity index (χ4n) is 2.89. The number of rotatable bonds is 8. The van der Waals surface area contributed by atoms with E-state index in [-0.39, 0.29) is 18.5 Å². The summed E-state index contributed by atoms with van der Waals surface area (Å²) in [6.07, 6.45) is 1.37. The summed E-state index contributed by atoms with van der Waals surface area (Å²) in [6, 6.07) is -0.339. The molecule has 0 N–H and O–H groups in total. The molecule has 0 aromatic rings. The number of nitrogens with zero attached hydrogens (tertiary/aromatic N) is 6. The van der Waals surface area contributed by atoms with E-state index in [1.165, 1.54) is 16.8 Å². The van der Waals surface area contributed by atoms with Gasteiger partial charge in [-0.1, -0.05) is 18.7 Å². The van der Waals surface area contributed by atoms with Crippen LogP contribution >= 0.6 is 23.4 Å². The molecule has 0 bridgehead atoms. The van der Waals surface area contributed by atoms with E-state index in [2.05, 4.69) is 20.0 Å². The quantitative estimate of drug-likeness (QED) is 0.220. The summed E-state index contributed by atoms with van der Waals surface area (Å²) in [5, 5.41) is 5.51. The Morgan fingerprint density at radius 2 is 1.81 bits per heavy atom. The summed E-state index contributed by atoms with van der Waals surface area (Å²) in [7, 11) is 0. The number of aliphatic imine (C=N–C) groups is 2. The summed E-state index contributed by atoms with van der Waals surface area (Å²) in [6.45, 7) is 9.05. The second kappa shape index (κ2) is 13.7. The highest BCUT2D eigenvalue weighted by Gasteiger charge is 2.36. The molecule has 0 aromatic carbocycles. The van der Waals surface area contributed by atoms with Gasteiger partial charge in [-0.25, -0.2) is 9.98 Å². The highest BCUT2D eigenvalue weighted by atomic mass is 35.5. The number of piperazine rings is 1. The number of carbonyl (C=O) groups excluding carboxylic acids is 1. The lowest BCUT2D eigenvalue weighted by molar-refractivity contribution is -0.134. The zero-order valence-corrected chi connectivity index (χ0v) is 20.8. The van der Waals surface area contributed by atoms with Crippen LogP contribution in [-0.2, 0) is 4.79 Å². The van der Waals surface area contributed by atoms with E-state index in [1.54, 1.807) is 18.0 Å². The van der Waals surface area contributed by atoms with Crippen LogP contribution in [0.5, 0.6) is 0 Å². The number of hydrogen-bond acceptors (Lipinski definition) is 6. The van der Waals surface area contributed by atoms with E-state index in [1.807, 2.05) is 33.1 Å². The Hall–Kier alpha value is -1.75. The number of halogens is 4. The molecule has 1 saturated heterocycles. The fourth-order valence-corrected chi connectivity index (χ4v) is 3.49. The SMILES string of the molecule is C\C=N/C(=N\C(=C/C)N1CCN(C(=O)CN(/N=C(\CCl)C(F)(F)F)C(C)CC)CC1)SC. The third kappa shape index (κ3) is 8.65. The lowest BCUT2D eigenvalue weighted by Gasteiger charge is -2.37. The maximum Gasteiger partial charge on any atom is 0.432 e. The van der Waals surface area contributed by atoms with Gasteiger partial charge in [0.1, 0.15) is 12.4 Å². The number of alkyl halides is 4. The highest BCUT2D eigenvalue weighted by molar-refractivity contribution is 8.13. The monoisotopic (exact) mass is 496 g/mol. The molecule has 1 aliphatic rings. The molecule has 1 atom stereocenters. The van der Waals surface area contributed by atoms with Gasteiger partial charge in [0, 0.05) is 38.4 Å². The second-order valence-corrected chi connectivity index (χ2v) is 8.07. The molecule has 0 aliphatic carbocycles. The van der Waals surface area contributed by atoms with Gasteiger partial charge in [0.05, 0.1) is 5.88 Å². The van der Waals surface area contributed by atoms with Crippen molar-refractivity contribution < 1.29 is 18.0 Å². The average Bonchev–Trinajstić information content (AvgIpc) is 2.77. The molecule has 0 spiro atoms. The van der Waals surface area contributed by atoms with E-state index in [9.17, 15) is 18.0 Å². The third-order valence-corrected chi connectivity index (χ3v) is 5.76. The first-order valence-corrected chi connectivity index (χ1v) is 12.1. The Kier molecular flexibility index (Phi) is 12.1. The molecule has 1 rings (SSSR count). The van der Waals surface area contributed by atoms with Crippen molar-refractivity contribution in [3.05, 3.63) is 11.9 Å². The average molecular weight is 497 g/mol. The normalized spacial score (nSPS) is 17.8. The van der Waals surface area contributed by atoms with Gasteiger partial charge in [0.2, 0.25) is 5.91 Å². The van der Waals surface area contributed by atoms with Crippen LogP contribution in [0.4, 0.5) is 13.2 Å². The highest BCUT2D eigenvalue weighted by Crippen LogP contribution is 2.20. The maximum absolute atomic E-state index is 13.1. The van der Waals surface area contributed by atoms with Gasteiger partial charge in [0.25, 0.3) is 0 Å². The summed E-state index contributed by atoms with van der Waals surface area (Å²) in [4.78, 5) is 25.3. The van der Waals surface area contributed by atoms with E-state index in [0.29, 0.717) is 37.8 Å². The number of thioether (sulfide) groups is 1. The Balaban J connectivity index is 2.86. The number of hydrazone groups is 1. The largest absolute Gasteiger partial charge is 0.432 e. The van der Waals surface area contributed by atoms with Crippen molar-refractivity contribution in [2.45, 2.75) is 46.3 Å². The molecule has 7 nitrogen and oxygen atoms in total. The lowest BCUT2D eigenvalue weighted by Crippen LogP contribution is -2.51.